The molecule has 6 heteroatoms. The van der Waals surface area contributed by atoms with Crippen molar-refractivity contribution in [3.8, 4) is 0 Å². The van der Waals surface area contributed by atoms with Crippen molar-refractivity contribution in [2.45, 2.75) is 39.7 Å². The standard InChI is InChI=1S/C14H20N4O2/c1-14(2,3)9-10(8-12(19)20)17-13-11-4-5-16-18(11)7-6-15-13/h4-7,10H,8-9H2,1-3H3,(H,15,17)(H,19,20). The van der Waals surface area contributed by atoms with Crippen LogP contribution in [0.2, 0.25) is 0 Å². The Morgan fingerprint density at radius 3 is 2.85 bits per heavy atom. The number of nitrogens with zero attached hydrogens (tertiary/aromatic N) is 3. The molecule has 20 heavy (non-hydrogen) atoms. The second-order valence-electron chi connectivity index (χ2n) is 6.14. The fourth-order valence-corrected chi connectivity index (χ4v) is 2.29. The van der Waals surface area contributed by atoms with Crippen LogP contribution in [0.3, 0.4) is 0 Å². The van der Waals surface area contributed by atoms with Crippen LogP contribution in [0, 0.1) is 5.41 Å². The van der Waals surface area contributed by atoms with Gasteiger partial charge < -0.3 is 10.4 Å². The molecular formula is C14H20N4O2. The van der Waals surface area contributed by atoms with Crippen LogP contribution >= 0.6 is 0 Å². The van der Waals surface area contributed by atoms with Gasteiger partial charge in [-0.3, -0.25) is 4.79 Å². The van der Waals surface area contributed by atoms with Gasteiger partial charge in [0.15, 0.2) is 5.82 Å². The minimum atomic E-state index is -0.813. The molecule has 0 aliphatic heterocycles. The molecule has 0 saturated carbocycles. The van der Waals surface area contributed by atoms with E-state index in [1.165, 1.54) is 0 Å². The largest absolute Gasteiger partial charge is 0.481 e. The highest BCUT2D eigenvalue weighted by molar-refractivity contribution is 5.70. The van der Waals surface area contributed by atoms with Gasteiger partial charge in [0.1, 0.15) is 5.52 Å². The molecule has 0 saturated heterocycles. The molecule has 0 spiro atoms. The third-order valence-corrected chi connectivity index (χ3v) is 2.95. The van der Waals surface area contributed by atoms with E-state index >= 15 is 0 Å². The Morgan fingerprint density at radius 1 is 1.45 bits per heavy atom. The van der Waals surface area contributed by atoms with Crippen molar-refractivity contribution in [3.05, 3.63) is 24.7 Å². The van der Waals surface area contributed by atoms with Gasteiger partial charge in [-0.15, -0.1) is 0 Å². The number of carboxylic acids is 1. The number of carboxylic acid groups (broad SMARTS) is 1. The maximum atomic E-state index is 11.0. The Morgan fingerprint density at radius 2 is 2.20 bits per heavy atom. The van der Waals surface area contributed by atoms with Gasteiger partial charge in [-0.2, -0.15) is 5.10 Å². The molecule has 0 aliphatic carbocycles. The van der Waals surface area contributed by atoms with Gasteiger partial charge in [-0.1, -0.05) is 20.8 Å². The number of aliphatic carboxylic acids is 1. The molecule has 1 unspecified atom stereocenters. The molecule has 0 aliphatic rings. The number of carbonyl (C=O) groups is 1. The Hall–Kier alpha value is -2.11. The minimum Gasteiger partial charge on any atom is -0.481 e. The molecule has 0 fully saturated rings. The monoisotopic (exact) mass is 276 g/mol. The summed E-state index contributed by atoms with van der Waals surface area (Å²) < 4.78 is 1.71. The number of fused-ring (bicyclic) bond motifs is 1. The molecule has 6 nitrogen and oxygen atoms in total. The van der Waals surface area contributed by atoms with Crippen molar-refractivity contribution in [1.82, 2.24) is 14.6 Å². The van der Waals surface area contributed by atoms with Crippen molar-refractivity contribution >= 4 is 17.3 Å². The average molecular weight is 276 g/mol. The first-order valence-electron chi connectivity index (χ1n) is 6.62. The zero-order valence-electron chi connectivity index (χ0n) is 12.0. The molecule has 2 aromatic rings. The van der Waals surface area contributed by atoms with Crippen molar-refractivity contribution < 1.29 is 9.90 Å². The summed E-state index contributed by atoms with van der Waals surface area (Å²) in [6.07, 6.45) is 5.91. The topological polar surface area (TPSA) is 79.5 Å². The van der Waals surface area contributed by atoms with Crippen LogP contribution in [0.4, 0.5) is 5.82 Å². The molecule has 2 aromatic heterocycles. The Labute approximate surface area is 117 Å². The molecule has 0 bridgehead atoms. The van der Waals surface area contributed by atoms with Crippen LogP contribution in [-0.4, -0.2) is 31.7 Å². The molecular weight excluding hydrogens is 256 g/mol. The first kappa shape index (κ1) is 14.3. The average Bonchev–Trinajstić information content (AvgIpc) is 2.74. The van der Waals surface area contributed by atoms with Gasteiger partial charge in [-0.25, -0.2) is 9.50 Å². The van der Waals surface area contributed by atoms with E-state index in [0.29, 0.717) is 5.82 Å². The van der Waals surface area contributed by atoms with Crippen LogP contribution in [0.5, 0.6) is 0 Å². The maximum absolute atomic E-state index is 11.0. The third-order valence-electron chi connectivity index (χ3n) is 2.95. The van der Waals surface area contributed by atoms with Crippen molar-refractivity contribution in [1.29, 1.82) is 0 Å². The lowest BCUT2D eigenvalue weighted by molar-refractivity contribution is -0.137. The molecule has 1 atom stereocenters. The van der Waals surface area contributed by atoms with E-state index in [1.807, 2.05) is 6.07 Å². The molecule has 0 aromatic carbocycles. The Kier molecular flexibility index (Phi) is 3.92. The highest BCUT2D eigenvalue weighted by Crippen LogP contribution is 2.25. The molecule has 0 radical (unpaired) electrons. The summed E-state index contributed by atoms with van der Waals surface area (Å²) >= 11 is 0. The first-order valence-corrected chi connectivity index (χ1v) is 6.62. The lowest BCUT2D eigenvalue weighted by Crippen LogP contribution is -2.28. The molecule has 2 heterocycles. The summed E-state index contributed by atoms with van der Waals surface area (Å²) in [5.74, 6) is -0.146. The van der Waals surface area contributed by atoms with Gasteiger partial charge in [0.2, 0.25) is 0 Å². The summed E-state index contributed by atoms with van der Waals surface area (Å²) in [4.78, 5) is 15.3. The number of rotatable bonds is 5. The summed E-state index contributed by atoms with van der Waals surface area (Å²) in [6, 6.07) is 1.69. The van der Waals surface area contributed by atoms with Gasteiger partial charge in [0.25, 0.3) is 0 Å². The lowest BCUT2D eigenvalue weighted by atomic mass is 9.87. The number of anilines is 1. The second kappa shape index (κ2) is 5.48. The number of nitrogens with one attached hydrogen (secondary N) is 1. The summed E-state index contributed by atoms with van der Waals surface area (Å²) in [5, 5.41) is 16.4. The SMILES string of the molecule is CC(C)(C)CC(CC(=O)O)Nc1nccn2nccc12. The Bertz CT molecular complexity index is 600. The van der Waals surface area contributed by atoms with Gasteiger partial charge in [0.05, 0.1) is 12.6 Å². The number of aromatic nitrogens is 3. The smallest absolute Gasteiger partial charge is 0.305 e. The maximum Gasteiger partial charge on any atom is 0.305 e. The van der Waals surface area contributed by atoms with E-state index in [-0.39, 0.29) is 17.9 Å². The number of hydrogen-bond donors (Lipinski definition) is 2. The van der Waals surface area contributed by atoms with Gasteiger partial charge >= 0.3 is 5.97 Å². The van der Waals surface area contributed by atoms with Crippen LogP contribution in [0.25, 0.3) is 5.52 Å². The lowest BCUT2D eigenvalue weighted by Gasteiger charge is -2.26. The first-order chi connectivity index (χ1) is 9.35. The molecule has 2 N–H and O–H groups in total. The van der Waals surface area contributed by atoms with Crippen molar-refractivity contribution in [3.63, 3.8) is 0 Å². The van der Waals surface area contributed by atoms with Crippen LogP contribution in [0.15, 0.2) is 24.7 Å². The van der Waals surface area contributed by atoms with Crippen molar-refractivity contribution in [2.24, 2.45) is 5.41 Å². The van der Waals surface area contributed by atoms with E-state index < -0.39 is 5.97 Å². The van der Waals surface area contributed by atoms with Crippen molar-refractivity contribution in [2.75, 3.05) is 5.32 Å². The zero-order chi connectivity index (χ0) is 14.8. The Balaban J connectivity index is 2.22. The summed E-state index contributed by atoms with van der Waals surface area (Å²) in [6.45, 7) is 6.28. The predicted molar refractivity (Wildman–Crippen MR) is 76.7 cm³/mol. The highest BCUT2D eigenvalue weighted by Gasteiger charge is 2.22. The fourth-order valence-electron chi connectivity index (χ4n) is 2.29. The quantitative estimate of drug-likeness (QED) is 0.876. The molecule has 2 rings (SSSR count). The van der Waals surface area contributed by atoms with E-state index in [2.05, 4.69) is 36.2 Å². The predicted octanol–water partition coefficient (Wildman–Crippen LogP) is 2.42. The van der Waals surface area contributed by atoms with E-state index in [1.54, 1.807) is 23.1 Å². The van der Waals surface area contributed by atoms with Gasteiger partial charge in [-0.05, 0) is 17.9 Å². The zero-order valence-corrected chi connectivity index (χ0v) is 12.0. The van der Waals surface area contributed by atoms with Crippen LogP contribution in [0.1, 0.15) is 33.6 Å². The summed E-state index contributed by atoms with van der Waals surface area (Å²) in [5.41, 5.74) is 0.884. The van der Waals surface area contributed by atoms with E-state index in [4.69, 9.17) is 5.11 Å². The summed E-state index contributed by atoms with van der Waals surface area (Å²) in [7, 11) is 0. The van der Waals surface area contributed by atoms with Crippen LogP contribution in [-0.2, 0) is 4.79 Å². The van der Waals surface area contributed by atoms with E-state index in [9.17, 15) is 4.79 Å². The van der Waals surface area contributed by atoms with Gasteiger partial charge in [0, 0.05) is 18.4 Å². The van der Waals surface area contributed by atoms with Crippen LogP contribution < -0.4 is 5.32 Å². The minimum absolute atomic E-state index is 0.0401. The second-order valence-corrected chi connectivity index (χ2v) is 6.14. The van der Waals surface area contributed by atoms with E-state index in [0.717, 1.165) is 11.9 Å². The third kappa shape index (κ3) is 3.69. The fraction of sp³-hybridized carbons (Fsp3) is 0.500. The highest BCUT2D eigenvalue weighted by atomic mass is 16.4. The normalized spacial score (nSPS) is 13.3. The molecule has 108 valence electrons. The number of hydrogen-bond acceptors (Lipinski definition) is 4. The molecule has 0 amide bonds.